The van der Waals surface area contributed by atoms with E-state index in [1.165, 1.54) is 12.1 Å². The summed E-state index contributed by atoms with van der Waals surface area (Å²) in [7, 11) is 3.93. The summed E-state index contributed by atoms with van der Waals surface area (Å²) in [5.74, 6) is -0.280. The maximum absolute atomic E-state index is 13.1. The van der Waals surface area contributed by atoms with Gasteiger partial charge in [-0.25, -0.2) is 4.39 Å². The van der Waals surface area contributed by atoms with Gasteiger partial charge in [0.15, 0.2) is 0 Å². The first-order valence-corrected chi connectivity index (χ1v) is 6.68. The maximum atomic E-state index is 13.1. The molecule has 0 saturated carbocycles. The largest absolute Gasteiger partial charge is 0.394 e. The van der Waals surface area contributed by atoms with Crippen molar-refractivity contribution >= 4 is 5.71 Å². The zero-order valence-electron chi connectivity index (χ0n) is 12.2. The summed E-state index contributed by atoms with van der Waals surface area (Å²) in [4.78, 5) is 11.5. The van der Waals surface area contributed by atoms with Gasteiger partial charge in [0, 0.05) is 30.1 Å². The summed E-state index contributed by atoms with van der Waals surface area (Å²) in [6.07, 6.45) is 3.40. The van der Waals surface area contributed by atoms with E-state index in [2.05, 4.69) is 10.1 Å². The fourth-order valence-corrected chi connectivity index (χ4v) is 1.72. The normalized spacial score (nSPS) is 11.7. The first kappa shape index (κ1) is 15.1. The van der Waals surface area contributed by atoms with Gasteiger partial charge in [-0.2, -0.15) is 0 Å². The van der Waals surface area contributed by atoms with Crippen LogP contribution >= 0.6 is 0 Å². The van der Waals surface area contributed by atoms with Crippen molar-refractivity contribution in [3.05, 3.63) is 65.7 Å². The Labute approximate surface area is 123 Å². The lowest BCUT2D eigenvalue weighted by Crippen LogP contribution is -2.17. The maximum Gasteiger partial charge on any atom is 0.129 e. The van der Waals surface area contributed by atoms with E-state index in [1.807, 2.05) is 31.1 Å². The number of halogens is 1. The monoisotopic (exact) mass is 287 g/mol. The van der Waals surface area contributed by atoms with Crippen LogP contribution in [0.5, 0.6) is 0 Å². The number of hydrogen-bond donors (Lipinski definition) is 0. The molecule has 0 aliphatic heterocycles. The van der Waals surface area contributed by atoms with Crippen molar-refractivity contribution in [1.29, 1.82) is 0 Å². The second-order valence-corrected chi connectivity index (χ2v) is 4.82. The van der Waals surface area contributed by atoms with Crippen molar-refractivity contribution in [1.82, 2.24) is 9.88 Å². The van der Waals surface area contributed by atoms with Crippen LogP contribution in [0.3, 0.4) is 0 Å². The molecule has 110 valence electrons. The topological polar surface area (TPSA) is 37.7 Å². The fourth-order valence-electron chi connectivity index (χ4n) is 1.72. The Morgan fingerprint density at radius 1 is 1.19 bits per heavy atom. The number of aromatic nitrogens is 1. The molecule has 0 amide bonds. The second-order valence-electron chi connectivity index (χ2n) is 4.82. The van der Waals surface area contributed by atoms with Crippen LogP contribution in [-0.4, -0.2) is 42.8 Å². The molecule has 0 atom stereocenters. The molecule has 0 aliphatic rings. The molecule has 0 N–H and O–H groups in total. The Kier molecular flexibility index (Phi) is 5.40. The van der Waals surface area contributed by atoms with E-state index in [0.29, 0.717) is 12.3 Å². The molecule has 0 spiro atoms. The lowest BCUT2D eigenvalue weighted by atomic mass is 10.0. The Morgan fingerprint density at radius 3 is 2.57 bits per heavy atom. The molecule has 0 aliphatic carbocycles. The third-order valence-electron chi connectivity index (χ3n) is 2.84. The highest BCUT2D eigenvalue weighted by Gasteiger charge is 2.08. The molecule has 1 aromatic carbocycles. The van der Waals surface area contributed by atoms with Crippen molar-refractivity contribution in [2.45, 2.75) is 0 Å². The molecule has 2 rings (SSSR count). The standard InChI is InChI=1S/C16H18FN3O/c1-20(2)10-11-21-19-16(14-4-3-9-18-12-14)13-5-7-15(17)8-6-13/h3-9,12H,10-11H2,1-2H3. The number of rotatable bonds is 6. The Bertz CT molecular complexity index is 582. The van der Waals surface area contributed by atoms with E-state index in [4.69, 9.17) is 4.84 Å². The van der Waals surface area contributed by atoms with Gasteiger partial charge >= 0.3 is 0 Å². The molecule has 2 aromatic rings. The fraction of sp³-hybridized carbons (Fsp3) is 0.250. The summed E-state index contributed by atoms with van der Waals surface area (Å²) >= 11 is 0. The molecule has 0 fully saturated rings. The van der Waals surface area contributed by atoms with Crippen molar-refractivity contribution in [2.75, 3.05) is 27.2 Å². The summed E-state index contributed by atoms with van der Waals surface area (Å²) < 4.78 is 13.1. The highest BCUT2D eigenvalue weighted by atomic mass is 19.1. The van der Waals surface area contributed by atoms with E-state index >= 15 is 0 Å². The Morgan fingerprint density at radius 2 is 1.95 bits per heavy atom. The lowest BCUT2D eigenvalue weighted by molar-refractivity contribution is 0.126. The molecule has 0 bridgehead atoms. The van der Waals surface area contributed by atoms with E-state index in [1.54, 1.807) is 24.5 Å². The number of pyridine rings is 1. The van der Waals surface area contributed by atoms with Crippen LogP contribution < -0.4 is 0 Å². The highest BCUT2D eigenvalue weighted by Crippen LogP contribution is 2.11. The van der Waals surface area contributed by atoms with Gasteiger partial charge in [0.1, 0.15) is 18.1 Å². The molecule has 0 unspecified atom stereocenters. The van der Waals surface area contributed by atoms with Gasteiger partial charge in [0.25, 0.3) is 0 Å². The smallest absolute Gasteiger partial charge is 0.129 e. The average Bonchev–Trinajstić information content (AvgIpc) is 2.49. The number of oxime groups is 1. The SMILES string of the molecule is CN(C)CCON=C(c1ccc(F)cc1)c1cccnc1. The Hall–Kier alpha value is -2.27. The minimum Gasteiger partial charge on any atom is -0.394 e. The molecule has 0 radical (unpaired) electrons. The minimum absolute atomic E-state index is 0.280. The van der Waals surface area contributed by atoms with Gasteiger partial charge in [-0.3, -0.25) is 4.98 Å². The van der Waals surface area contributed by atoms with E-state index in [0.717, 1.165) is 17.7 Å². The van der Waals surface area contributed by atoms with E-state index < -0.39 is 0 Å². The predicted molar refractivity (Wildman–Crippen MR) is 80.8 cm³/mol. The minimum atomic E-state index is -0.280. The highest BCUT2D eigenvalue weighted by molar-refractivity contribution is 6.12. The van der Waals surface area contributed by atoms with Gasteiger partial charge in [-0.15, -0.1) is 0 Å². The van der Waals surface area contributed by atoms with E-state index in [9.17, 15) is 4.39 Å². The van der Waals surface area contributed by atoms with Gasteiger partial charge in [0.2, 0.25) is 0 Å². The molecule has 1 aromatic heterocycles. The van der Waals surface area contributed by atoms with Crippen LogP contribution in [0.25, 0.3) is 0 Å². The second kappa shape index (κ2) is 7.50. The number of hydrogen-bond acceptors (Lipinski definition) is 4. The molecule has 4 nitrogen and oxygen atoms in total. The van der Waals surface area contributed by atoms with E-state index in [-0.39, 0.29) is 5.82 Å². The molecule has 5 heteroatoms. The van der Waals surface area contributed by atoms with Crippen LogP contribution in [0, 0.1) is 5.82 Å². The van der Waals surface area contributed by atoms with Crippen molar-refractivity contribution in [3.8, 4) is 0 Å². The quantitative estimate of drug-likeness (QED) is 0.465. The molecule has 21 heavy (non-hydrogen) atoms. The third kappa shape index (κ3) is 4.65. The summed E-state index contributed by atoms with van der Waals surface area (Å²) in [6, 6.07) is 9.88. The average molecular weight is 287 g/mol. The lowest BCUT2D eigenvalue weighted by Gasteiger charge is -2.10. The zero-order valence-corrected chi connectivity index (χ0v) is 12.2. The first-order chi connectivity index (χ1) is 10.2. The van der Waals surface area contributed by atoms with Gasteiger partial charge in [-0.05, 0) is 50.5 Å². The number of nitrogens with zero attached hydrogens (tertiary/aromatic N) is 3. The van der Waals surface area contributed by atoms with Crippen LogP contribution in [-0.2, 0) is 4.84 Å². The number of benzene rings is 1. The number of likely N-dealkylation sites (N-methyl/N-ethyl adjacent to an activating group) is 1. The van der Waals surface area contributed by atoms with Crippen LogP contribution in [0.4, 0.5) is 4.39 Å². The molecule has 0 saturated heterocycles. The summed E-state index contributed by atoms with van der Waals surface area (Å²) in [6.45, 7) is 1.26. The van der Waals surface area contributed by atoms with Gasteiger partial charge in [0.05, 0.1) is 0 Å². The molecular weight excluding hydrogens is 269 g/mol. The third-order valence-corrected chi connectivity index (χ3v) is 2.84. The molecular formula is C16H18FN3O. The van der Waals surface area contributed by atoms with Crippen molar-refractivity contribution in [3.63, 3.8) is 0 Å². The zero-order chi connectivity index (χ0) is 15.1. The van der Waals surface area contributed by atoms with Crippen molar-refractivity contribution < 1.29 is 9.23 Å². The van der Waals surface area contributed by atoms with Gasteiger partial charge < -0.3 is 9.74 Å². The van der Waals surface area contributed by atoms with Gasteiger partial charge in [-0.1, -0.05) is 5.16 Å². The first-order valence-electron chi connectivity index (χ1n) is 6.68. The van der Waals surface area contributed by atoms with Crippen LogP contribution in [0.2, 0.25) is 0 Å². The van der Waals surface area contributed by atoms with Crippen LogP contribution in [0.1, 0.15) is 11.1 Å². The molecule has 1 heterocycles. The predicted octanol–water partition coefficient (Wildman–Crippen LogP) is 2.55. The summed E-state index contributed by atoms with van der Waals surface area (Å²) in [5.41, 5.74) is 2.25. The van der Waals surface area contributed by atoms with Crippen molar-refractivity contribution in [2.24, 2.45) is 5.16 Å². The summed E-state index contributed by atoms with van der Waals surface area (Å²) in [5, 5.41) is 4.19. The van der Waals surface area contributed by atoms with Crippen LogP contribution in [0.15, 0.2) is 53.9 Å². The Balaban J connectivity index is 2.22.